The minimum atomic E-state index is -1.37. The molecule has 0 atom stereocenters. The fourth-order valence-electron chi connectivity index (χ4n) is 3.06. The van der Waals surface area contributed by atoms with E-state index in [1.165, 1.54) is 0 Å². The van der Waals surface area contributed by atoms with Crippen LogP contribution in [-0.4, -0.2) is 5.11 Å². The zero-order valence-corrected chi connectivity index (χ0v) is 17.0. The van der Waals surface area contributed by atoms with Gasteiger partial charge in [0.15, 0.2) is 0 Å². The summed E-state index contributed by atoms with van der Waals surface area (Å²) in [7, 11) is 0. The average molecular weight is 406 g/mol. The molecule has 0 unspecified atom stereocenters. The van der Waals surface area contributed by atoms with Gasteiger partial charge in [-0.15, -0.1) is 0 Å². The second kappa shape index (κ2) is 7.25. The number of aliphatic hydroxyl groups is 1. The van der Waals surface area contributed by atoms with Crippen molar-refractivity contribution in [3.8, 4) is 0 Å². The minimum absolute atomic E-state index is 0.609. The van der Waals surface area contributed by atoms with E-state index >= 15 is 0 Å². The summed E-state index contributed by atoms with van der Waals surface area (Å²) in [5.74, 6) is 0. The molecule has 1 N–H and O–H groups in total. The first-order valence-corrected chi connectivity index (χ1v) is 9.39. The van der Waals surface area contributed by atoms with Crippen molar-refractivity contribution in [3.05, 3.63) is 103 Å². The van der Waals surface area contributed by atoms with Crippen LogP contribution < -0.4 is 0 Å². The molecule has 0 saturated carbocycles. The molecule has 1 nitrogen and oxygen atoms in total. The normalized spacial score (nSPS) is 11.7. The van der Waals surface area contributed by atoms with E-state index in [2.05, 4.69) is 0 Å². The number of aryl methyl sites for hydroxylation is 3. The molecule has 0 spiro atoms. The first-order chi connectivity index (χ1) is 12.2. The molecule has 0 radical (unpaired) electrons. The fourth-order valence-corrected chi connectivity index (χ4v) is 3.47. The van der Waals surface area contributed by atoms with E-state index in [0.717, 1.165) is 27.8 Å². The van der Waals surface area contributed by atoms with E-state index in [4.69, 9.17) is 34.8 Å². The summed E-state index contributed by atoms with van der Waals surface area (Å²) < 4.78 is 0. The van der Waals surface area contributed by atoms with Gasteiger partial charge in [-0.25, -0.2) is 0 Å². The van der Waals surface area contributed by atoms with Gasteiger partial charge in [-0.2, -0.15) is 0 Å². The lowest BCUT2D eigenvalue weighted by Gasteiger charge is -2.31. The van der Waals surface area contributed by atoms with Crippen molar-refractivity contribution >= 4 is 34.8 Å². The third-order valence-electron chi connectivity index (χ3n) is 4.74. The van der Waals surface area contributed by atoms with E-state index < -0.39 is 5.60 Å². The molecule has 0 aromatic heterocycles. The van der Waals surface area contributed by atoms with E-state index in [0.29, 0.717) is 20.6 Å². The van der Waals surface area contributed by atoms with Gasteiger partial charge in [-0.05, 0) is 72.4 Å². The van der Waals surface area contributed by atoms with Crippen LogP contribution in [0.15, 0.2) is 54.6 Å². The van der Waals surface area contributed by atoms with Gasteiger partial charge in [0.25, 0.3) is 0 Å². The van der Waals surface area contributed by atoms with Crippen molar-refractivity contribution in [2.24, 2.45) is 0 Å². The van der Waals surface area contributed by atoms with Crippen LogP contribution in [0.4, 0.5) is 0 Å². The quantitative estimate of drug-likeness (QED) is 0.472. The Morgan fingerprint density at radius 1 is 0.577 bits per heavy atom. The van der Waals surface area contributed by atoms with Crippen LogP contribution in [0, 0.1) is 20.8 Å². The van der Waals surface area contributed by atoms with Gasteiger partial charge >= 0.3 is 0 Å². The van der Waals surface area contributed by atoms with Crippen LogP contribution in [0.25, 0.3) is 0 Å². The van der Waals surface area contributed by atoms with Crippen LogP contribution >= 0.6 is 34.8 Å². The van der Waals surface area contributed by atoms with Crippen LogP contribution in [0.1, 0.15) is 33.4 Å². The average Bonchev–Trinajstić information content (AvgIpc) is 2.61. The maximum absolute atomic E-state index is 11.9. The largest absolute Gasteiger partial charge is 0.376 e. The van der Waals surface area contributed by atoms with Crippen molar-refractivity contribution in [2.75, 3.05) is 0 Å². The molecule has 0 aliphatic heterocycles. The van der Waals surface area contributed by atoms with E-state index in [-0.39, 0.29) is 0 Å². The number of benzene rings is 3. The molecule has 134 valence electrons. The van der Waals surface area contributed by atoms with Crippen molar-refractivity contribution in [3.63, 3.8) is 0 Å². The van der Waals surface area contributed by atoms with Crippen molar-refractivity contribution in [1.29, 1.82) is 0 Å². The smallest absolute Gasteiger partial charge is 0.140 e. The van der Waals surface area contributed by atoms with Gasteiger partial charge in [-0.1, -0.05) is 71.2 Å². The molecule has 0 aliphatic rings. The monoisotopic (exact) mass is 404 g/mol. The Morgan fingerprint density at radius 3 is 1.42 bits per heavy atom. The van der Waals surface area contributed by atoms with Crippen LogP contribution in [0.3, 0.4) is 0 Å². The van der Waals surface area contributed by atoms with Gasteiger partial charge in [0.2, 0.25) is 0 Å². The van der Waals surface area contributed by atoms with E-state index in [1.807, 2.05) is 63.2 Å². The summed E-state index contributed by atoms with van der Waals surface area (Å²) in [6.45, 7) is 5.77. The Kier molecular flexibility index (Phi) is 5.37. The third kappa shape index (κ3) is 3.37. The van der Waals surface area contributed by atoms with E-state index in [1.54, 1.807) is 12.1 Å². The zero-order valence-electron chi connectivity index (χ0n) is 14.8. The maximum atomic E-state index is 11.9. The Labute approximate surface area is 169 Å². The second-order valence-corrected chi connectivity index (χ2v) is 7.82. The lowest BCUT2D eigenvalue weighted by Crippen LogP contribution is -2.29. The third-order valence-corrected chi connectivity index (χ3v) is 6.00. The number of rotatable bonds is 3. The Balaban J connectivity index is 2.31. The Hall–Kier alpha value is -1.51. The molecule has 0 amide bonds. The summed E-state index contributed by atoms with van der Waals surface area (Å²) in [6.07, 6.45) is 0. The first kappa shape index (κ1) is 19.3. The molecule has 0 aliphatic carbocycles. The topological polar surface area (TPSA) is 20.2 Å². The molecule has 3 rings (SSSR count). The van der Waals surface area contributed by atoms with Gasteiger partial charge in [0.05, 0.1) is 0 Å². The van der Waals surface area contributed by atoms with Crippen molar-refractivity contribution in [2.45, 2.75) is 26.4 Å². The predicted molar refractivity (Wildman–Crippen MR) is 111 cm³/mol. The maximum Gasteiger partial charge on any atom is 0.140 e. The highest BCUT2D eigenvalue weighted by Crippen LogP contribution is 2.40. The summed E-state index contributed by atoms with van der Waals surface area (Å²) in [5, 5.41) is 13.9. The molecule has 26 heavy (non-hydrogen) atoms. The Bertz CT molecular complexity index is 854. The highest BCUT2D eigenvalue weighted by atomic mass is 35.5. The van der Waals surface area contributed by atoms with Crippen LogP contribution in [0.2, 0.25) is 15.1 Å². The SMILES string of the molecule is Cc1cc(C(O)(c2ccc(Cl)c(C)c2)c2ccc(C)c(Cl)c2)ccc1Cl. The minimum Gasteiger partial charge on any atom is -0.376 e. The van der Waals surface area contributed by atoms with Gasteiger partial charge in [0, 0.05) is 15.1 Å². The molecule has 0 heterocycles. The molecule has 3 aromatic carbocycles. The lowest BCUT2D eigenvalue weighted by molar-refractivity contribution is 0.125. The van der Waals surface area contributed by atoms with Gasteiger partial charge in [-0.3, -0.25) is 0 Å². The highest BCUT2D eigenvalue weighted by molar-refractivity contribution is 6.32. The van der Waals surface area contributed by atoms with Crippen molar-refractivity contribution < 1.29 is 5.11 Å². The molecular formula is C22H19Cl3O. The lowest BCUT2D eigenvalue weighted by atomic mass is 9.79. The van der Waals surface area contributed by atoms with Crippen LogP contribution in [0.5, 0.6) is 0 Å². The molecule has 0 fully saturated rings. The molecule has 3 aromatic rings. The summed E-state index contributed by atoms with van der Waals surface area (Å²) >= 11 is 18.7. The van der Waals surface area contributed by atoms with Gasteiger partial charge in [0.1, 0.15) is 5.60 Å². The summed E-state index contributed by atoms with van der Waals surface area (Å²) in [6, 6.07) is 16.7. The Morgan fingerprint density at radius 2 is 1.00 bits per heavy atom. The summed E-state index contributed by atoms with van der Waals surface area (Å²) in [4.78, 5) is 0. The first-order valence-electron chi connectivity index (χ1n) is 8.25. The summed E-state index contributed by atoms with van der Waals surface area (Å²) in [5.41, 5.74) is 3.51. The van der Waals surface area contributed by atoms with Gasteiger partial charge < -0.3 is 5.11 Å². The highest BCUT2D eigenvalue weighted by Gasteiger charge is 2.34. The number of halogens is 3. The predicted octanol–water partition coefficient (Wildman–Crippen LogP) is 6.86. The molecular weight excluding hydrogens is 387 g/mol. The van der Waals surface area contributed by atoms with E-state index in [9.17, 15) is 5.11 Å². The number of hydrogen-bond acceptors (Lipinski definition) is 1. The number of hydrogen-bond donors (Lipinski definition) is 1. The molecule has 0 saturated heterocycles. The molecule has 0 bridgehead atoms. The second-order valence-electron chi connectivity index (χ2n) is 6.60. The molecule has 4 heteroatoms. The zero-order chi connectivity index (χ0) is 19.1. The van der Waals surface area contributed by atoms with Crippen molar-refractivity contribution in [1.82, 2.24) is 0 Å². The van der Waals surface area contributed by atoms with Crippen LogP contribution in [-0.2, 0) is 5.60 Å². The standard InChI is InChI=1S/C22H19Cl3O/c1-13-4-5-18(12-21(13)25)22(26,16-6-8-19(23)14(2)10-16)17-7-9-20(24)15(3)11-17/h4-12,26H,1-3H3. The fraction of sp³-hybridized carbons (Fsp3) is 0.182.